The lowest BCUT2D eigenvalue weighted by molar-refractivity contribution is 0.170. The minimum atomic E-state index is -0.465. The van der Waals surface area contributed by atoms with Gasteiger partial charge in [0, 0.05) is 31.2 Å². The molecule has 150 valence electrons. The number of nitrogens with one attached hydrogen (secondary N) is 1. The maximum absolute atomic E-state index is 15.0. The van der Waals surface area contributed by atoms with E-state index in [1.807, 2.05) is 25.7 Å². The van der Waals surface area contributed by atoms with E-state index in [2.05, 4.69) is 15.3 Å². The molecule has 0 atom stereocenters. The summed E-state index contributed by atoms with van der Waals surface area (Å²) in [5, 5.41) is 2.93. The van der Waals surface area contributed by atoms with E-state index in [9.17, 15) is 4.79 Å². The molecule has 1 N–H and O–H groups in total. The Bertz CT molecular complexity index is 845. The summed E-state index contributed by atoms with van der Waals surface area (Å²) in [5.74, 6) is 0.482. The van der Waals surface area contributed by atoms with Crippen LogP contribution < -0.4 is 15.0 Å². The summed E-state index contributed by atoms with van der Waals surface area (Å²) < 4.78 is 20.2. The Morgan fingerprint density at radius 3 is 2.46 bits per heavy atom. The number of carbonyl (C=O) groups excluding carboxylic acids is 1. The van der Waals surface area contributed by atoms with Crippen LogP contribution in [0.2, 0.25) is 0 Å². The van der Waals surface area contributed by atoms with Crippen molar-refractivity contribution in [3.05, 3.63) is 36.4 Å². The monoisotopic (exact) mass is 387 g/mol. The number of likely N-dealkylation sites (N-methyl/N-ethyl adjacent to an activating group) is 1. The lowest BCUT2D eigenvalue weighted by Gasteiger charge is -2.45. The summed E-state index contributed by atoms with van der Waals surface area (Å²) in [7, 11) is 3.33. The molecule has 1 fully saturated rings. The van der Waals surface area contributed by atoms with Crippen molar-refractivity contribution in [2.24, 2.45) is 0 Å². The molecule has 0 aliphatic carbocycles. The number of rotatable bonds is 4. The van der Waals surface area contributed by atoms with Crippen LogP contribution in [0.5, 0.6) is 5.75 Å². The molecule has 3 rings (SSSR count). The van der Waals surface area contributed by atoms with Gasteiger partial charge in [-0.15, -0.1) is 0 Å². The van der Waals surface area contributed by atoms with Crippen molar-refractivity contribution < 1.29 is 13.9 Å². The van der Waals surface area contributed by atoms with E-state index < -0.39 is 5.82 Å². The van der Waals surface area contributed by atoms with Crippen molar-refractivity contribution in [1.29, 1.82) is 0 Å². The molecular weight excluding hydrogens is 361 g/mol. The topological polar surface area (TPSA) is 70.6 Å². The molecule has 0 radical (unpaired) electrons. The normalized spacial score (nSPS) is 14.4. The van der Waals surface area contributed by atoms with E-state index in [-0.39, 0.29) is 29.1 Å². The van der Waals surface area contributed by atoms with Crippen molar-refractivity contribution in [2.75, 3.05) is 32.1 Å². The van der Waals surface area contributed by atoms with Gasteiger partial charge < -0.3 is 19.9 Å². The average molecular weight is 387 g/mol. The predicted molar refractivity (Wildman–Crippen MR) is 106 cm³/mol. The number of anilines is 1. The third-order valence-corrected chi connectivity index (χ3v) is 4.65. The molecule has 1 aliphatic heterocycles. The van der Waals surface area contributed by atoms with Crippen molar-refractivity contribution in [1.82, 2.24) is 20.2 Å². The maximum Gasteiger partial charge on any atom is 0.317 e. The van der Waals surface area contributed by atoms with Crippen LogP contribution in [0.1, 0.15) is 20.8 Å². The molecule has 2 amide bonds. The van der Waals surface area contributed by atoms with Crippen LogP contribution in [0.3, 0.4) is 0 Å². The highest BCUT2D eigenvalue weighted by molar-refractivity contribution is 5.75. The molecule has 0 bridgehead atoms. The zero-order valence-electron chi connectivity index (χ0n) is 16.9. The summed E-state index contributed by atoms with van der Waals surface area (Å²) in [5.41, 5.74) is 0.594. The number of halogens is 1. The molecule has 0 unspecified atom stereocenters. The van der Waals surface area contributed by atoms with Crippen LogP contribution in [0, 0.1) is 5.82 Å². The molecule has 1 aromatic carbocycles. The quantitative estimate of drug-likeness (QED) is 0.874. The van der Waals surface area contributed by atoms with Gasteiger partial charge in [0.15, 0.2) is 11.6 Å². The molecule has 1 aromatic heterocycles. The second kappa shape index (κ2) is 7.61. The van der Waals surface area contributed by atoms with Gasteiger partial charge in [0.2, 0.25) is 0 Å². The fourth-order valence-electron chi connectivity index (χ4n) is 2.98. The highest BCUT2D eigenvalue weighted by Crippen LogP contribution is 2.30. The first-order valence-corrected chi connectivity index (χ1v) is 9.14. The third kappa shape index (κ3) is 4.16. The molecule has 0 spiro atoms. The second-order valence-corrected chi connectivity index (χ2v) is 7.94. The molecule has 1 aliphatic rings. The lowest BCUT2D eigenvalue weighted by Crippen LogP contribution is -2.63. The summed E-state index contributed by atoms with van der Waals surface area (Å²) >= 11 is 0. The number of urea groups is 1. The minimum absolute atomic E-state index is 0.00107. The van der Waals surface area contributed by atoms with E-state index in [1.54, 1.807) is 43.3 Å². The Balaban J connectivity index is 1.70. The van der Waals surface area contributed by atoms with Gasteiger partial charge in [-0.1, -0.05) is 0 Å². The van der Waals surface area contributed by atoms with E-state index in [1.165, 1.54) is 6.33 Å². The van der Waals surface area contributed by atoms with E-state index in [0.29, 0.717) is 24.4 Å². The minimum Gasteiger partial charge on any atom is -0.497 e. The van der Waals surface area contributed by atoms with Crippen LogP contribution in [0.15, 0.2) is 30.6 Å². The van der Waals surface area contributed by atoms with E-state index in [0.717, 1.165) is 0 Å². The average Bonchev–Trinajstić information content (AvgIpc) is 2.60. The van der Waals surface area contributed by atoms with Crippen LogP contribution in [-0.2, 0) is 0 Å². The lowest BCUT2D eigenvalue weighted by atomic mass is 10.1. The molecule has 8 heteroatoms. The summed E-state index contributed by atoms with van der Waals surface area (Å²) in [6.45, 7) is 6.84. The number of nitrogens with zero attached hydrogens (tertiary/aromatic N) is 4. The Morgan fingerprint density at radius 2 is 1.89 bits per heavy atom. The number of benzene rings is 1. The highest BCUT2D eigenvalue weighted by Gasteiger charge is 2.36. The van der Waals surface area contributed by atoms with E-state index >= 15 is 4.39 Å². The fourth-order valence-corrected chi connectivity index (χ4v) is 2.98. The molecule has 1 saturated heterocycles. The van der Waals surface area contributed by atoms with Gasteiger partial charge in [-0.3, -0.25) is 0 Å². The Hall–Kier alpha value is -2.90. The van der Waals surface area contributed by atoms with Gasteiger partial charge in [0.05, 0.1) is 13.2 Å². The largest absolute Gasteiger partial charge is 0.497 e. The zero-order valence-corrected chi connectivity index (χ0v) is 16.9. The van der Waals surface area contributed by atoms with Crippen LogP contribution in [0.25, 0.3) is 11.3 Å². The van der Waals surface area contributed by atoms with Crippen molar-refractivity contribution in [2.45, 2.75) is 32.4 Å². The first-order valence-electron chi connectivity index (χ1n) is 9.14. The molecule has 7 nitrogen and oxygen atoms in total. The van der Waals surface area contributed by atoms with Crippen LogP contribution in [0.4, 0.5) is 15.0 Å². The van der Waals surface area contributed by atoms with Crippen molar-refractivity contribution in [3.8, 4) is 17.0 Å². The third-order valence-electron chi connectivity index (χ3n) is 4.65. The first-order chi connectivity index (χ1) is 13.2. The zero-order chi connectivity index (χ0) is 20.5. The first kappa shape index (κ1) is 19.9. The number of hydrogen-bond acceptors (Lipinski definition) is 5. The predicted octanol–water partition coefficient (Wildman–Crippen LogP) is 2.92. The Morgan fingerprint density at radius 1 is 1.25 bits per heavy atom. The highest BCUT2D eigenvalue weighted by atomic mass is 19.1. The summed E-state index contributed by atoms with van der Waals surface area (Å²) in [6, 6.07) is 6.91. The molecule has 2 aromatic rings. The molecule has 28 heavy (non-hydrogen) atoms. The molecule has 2 heterocycles. The second-order valence-electron chi connectivity index (χ2n) is 7.94. The van der Waals surface area contributed by atoms with Crippen LogP contribution in [-0.4, -0.2) is 59.7 Å². The summed E-state index contributed by atoms with van der Waals surface area (Å²) in [6.07, 6.45) is 1.36. The number of carbonyl (C=O) groups is 1. The van der Waals surface area contributed by atoms with Gasteiger partial charge in [-0.25, -0.2) is 19.2 Å². The molecular formula is C20H26FN5O2. The van der Waals surface area contributed by atoms with Gasteiger partial charge in [-0.05, 0) is 45.0 Å². The SMILES string of the molecule is COc1ccc(-c2ncnc(N3CC(N(C)C(=O)NC(C)(C)C)C3)c2F)cc1. The summed E-state index contributed by atoms with van der Waals surface area (Å²) in [4.78, 5) is 24.0. The fraction of sp³-hybridized carbons (Fsp3) is 0.450. The van der Waals surface area contributed by atoms with Crippen molar-refractivity contribution in [3.63, 3.8) is 0 Å². The van der Waals surface area contributed by atoms with E-state index in [4.69, 9.17) is 4.74 Å². The molecule has 0 saturated carbocycles. The Kier molecular flexibility index (Phi) is 5.40. The number of aromatic nitrogens is 2. The van der Waals surface area contributed by atoms with Gasteiger partial charge in [-0.2, -0.15) is 0 Å². The van der Waals surface area contributed by atoms with Gasteiger partial charge in [0.1, 0.15) is 17.8 Å². The standard InChI is InChI=1S/C20H26FN5O2/c1-20(2,3)24-19(27)25(4)14-10-26(11-14)18-16(21)17(22-12-23-18)13-6-8-15(28-5)9-7-13/h6-9,12,14H,10-11H2,1-5H3,(H,24,27). The van der Waals surface area contributed by atoms with Gasteiger partial charge in [0.25, 0.3) is 0 Å². The maximum atomic E-state index is 15.0. The van der Waals surface area contributed by atoms with Gasteiger partial charge >= 0.3 is 6.03 Å². The number of hydrogen-bond donors (Lipinski definition) is 1. The van der Waals surface area contributed by atoms with Crippen LogP contribution >= 0.6 is 0 Å². The number of methoxy groups -OCH3 is 1. The number of ether oxygens (including phenoxy) is 1. The Labute approximate surface area is 164 Å². The smallest absolute Gasteiger partial charge is 0.317 e. The van der Waals surface area contributed by atoms with Crippen molar-refractivity contribution >= 4 is 11.8 Å². The number of amides is 2.